The van der Waals surface area contributed by atoms with Gasteiger partial charge >= 0.3 is 0 Å². The number of thiophene rings is 1. The second-order valence-electron chi connectivity index (χ2n) is 7.15. The Labute approximate surface area is 170 Å². The number of nitrogens with zero attached hydrogens (tertiary/aromatic N) is 2. The summed E-state index contributed by atoms with van der Waals surface area (Å²) in [5.74, 6) is -0.106. The number of benzene rings is 1. The van der Waals surface area contributed by atoms with Crippen LogP contribution in [0, 0.1) is 12.7 Å². The summed E-state index contributed by atoms with van der Waals surface area (Å²) in [7, 11) is 0. The van der Waals surface area contributed by atoms with Crippen LogP contribution in [-0.4, -0.2) is 33.2 Å². The minimum atomic E-state index is -0.516. The Morgan fingerprint density at radius 3 is 2.97 bits per heavy atom. The molecular weight excluding hydrogens is 395 g/mol. The average molecular weight is 416 g/mol. The van der Waals surface area contributed by atoms with Gasteiger partial charge in [0.05, 0.1) is 22.1 Å². The van der Waals surface area contributed by atoms with Gasteiger partial charge in [-0.3, -0.25) is 4.79 Å². The first-order valence-electron chi connectivity index (χ1n) is 9.37. The van der Waals surface area contributed by atoms with Crippen molar-refractivity contribution in [1.29, 1.82) is 0 Å². The van der Waals surface area contributed by atoms with E-state index in [0.717, 1.165) is 19.3 Å². The van der Waals surface area contributed by atoms with Crippen molar-refractivity contribution in [3.63, 3.8) is 0 Å². The summed E-state index contributed by atoms with van der Waals surface area (Å²) in [6, 6.07) is 4.23. The number of primary amides is 1. The zero-order valence-electron chi connectivity index (χ0n) is 15.8. The summed E-state index contributed by atoms with van der Waals surface area (Å²) in [6.07, 6.45) is 3.74. The smallest absolute Gasteiger partial charge is 0.259 e. The highest BCUT2D eigenvalue weighted by molar-refractivity contribution is 7.20. The van der Waals surface area contributed by atoms with Crippen LogP contribution in [0.4, 0.5) is 15.9 Å². The Morgan fingerprint density at radius 2 is 2.21 bits per heavy atom. The Hall–Kier alpha value is -2.78. The quantitative estimate of drug-likeness (QED) is 0.585. The zero-order chi connectivity index (χ0) is 20.5. The number of nitrogens with two attached hydrogens (primary N) is 1. The van der Waals surface area contributed by atoms with Gasteiger partial charge in [0.15, 0.2) is 0 Å². The van der Waals surface area contributed by atoms with Crippen molar-refractivity contribution in [2.45, 2.75) is 44.8 Å². The van der Waals surface area contributed by atoms with Crippen molar-refractivity contribution in [1.82, 2.24) is 9.97 Å². The standard InChI is InChI=1S/C20H21FN4O3S/c1-10-16-19(23-9-24-20(16)29-17(10)18(22)27)25-14-6-5-11(21)7-15(14)28-13-4-2-3-12(26)8-13/h5-7,9,12-13,26H,2-4,8H2,1H3,(H2,22,27)(H,23,24,25)/t12-,13+/m1/s1. The van der Waals surface area contributed by atoms with E-state index in [1.165, 1.54) is 29.8 Å². The Kier molecular flexibility index (Phi) is 5.33. The molecule has 0 saturated heterocycles. The van der Waals surface area contributed by atoms with Crippen LogP contribution in [0.15, 0.2) is 24.5 Å². The molecule has 4 N–H and O–H groups in total. The number of fused-ring (bicyclic) bond motifs is 1. The van der Waals surface area contributed by atoms with Crippen molar-refractivity contribution in [2.75, 3.05) is 5.32 Å². The van der Waals surface area contributed by atoms with Crippen LogP contribution < -0.4 is 15.8 Å². The molecule has 0 bridgehead atoms. The number of rotatable bonds is 5. The highest BCUT2D eigenvalue weighted by Gasteiger charge is 2.23. The molecule has 7 nitrogen and oxygen atoms in total. The molecule has 0 aliphatic heterocycles. The van der Waals surface area contributed by atoms with Gasteiger partial charge in [0.1, 0.15) is 34.6 Å². The molecule has 2 heterocycles. The van der Waals surface area contributed by atoms with Crippen LogP contribution in [0.3, 0.4) is 0 Å². The highest BCUT2D eigenvalue weighted by atomic mass is 32.1. The number of carbonyl (C=O) groups excluding carboxylic acids is 1. The molecule has 0 spiro atoms. The van der Waals surface area contributed by atoms with Gasteiger partial charge in [-0.25, -0.2) is 14.4 Å². The molecule has 2 aromatic heterocycles. The van der Waals surface area contributed by atoms with Gasteiger partial charge in [-0.1, -0.05) is 0 Å². The summed E-state index contributed by atoms with van der Waals surface area (Å²) >= 11 is 1.21. The van der Waals surface area contributed by atoms with Crippen LogP contribution in [-0.2, 0) is 0 Å². The highest BCUT2D eigenvalue weighted by Crippen LogP contribution is 2.37. The van der Waals surface area contributed by atoms with Gasteiger partial charge in [-0.05, 0) is 43.9 Å². The Bertz CT molecular complexity index is 1070. The second-order valence-corrected chi connectivity index (χ2v) is 8.15. The maximum Gasteiger partial charge on any atom is 0.259 e. The van der Waals surface area contributed by atoms with Crippen LogP contribution in [0.5, 0.6) is 5.75 Å². The normalized spacial score (nSPS) is 19.3. The lowest BCUT2D eigenvalue weighted by Gasteiger charge is -2.27. The number of aryl methyl sites for hydroxylation is 1. The number of hydrogen-bond acceptors (Lipinski definition) is 7. The first-order chi connectivity index (χ1) is 13.9. The van der Waals surface area contributed by atoms with Crippen molar-refractivity contribution in [3.05, 3.63) is 40.8 Å². The third kappa shape index (κ3) is 4.01. The lowest BCUT2D eigenvalue weighted by atomic mass is 9.95. The predicted molar refractivity (Wildman–Crippen MR) is 109 cm³/mol. The van der Waals surface area contributed by atoms with Crippen LogP contribution >= 0.6 is 11.3 Å². The number of aliphatic hydroxyl groups is 1. The van der Waals surface area contributed by atoms with Gasteiger partial charge in [-0.2, -0.15) is 0 Å². The van der Waals surface area contributed by atoms with E-state index in [4.69, 9.17) is 10.5 Å². The van der Waals surface area contributed by atoms with Crippen LogP contribution in [0.2, 0.25) is 0 Å². The number of hydrogen-bond donors (Lipinski definition) is 3. The lowest BCUT2D eigenvalue weighted by Crippen LogP contribution is -2.28. The third-order valence-electron chi connectivity index (χ3n) is 5.04. The number of carbonyl (C=O) groups is 1. The summed E-state index contributed by atoms with van der Waals surface area (Å²) in [5.41, 5.74) is 6.69. The first-order valence-corrected chi connectivity index (χ1v) is 10.2. The number of ether oxygens (including phenoxy) is 1. The molecule has 1 aliphatic rings. The fraction of sp³-hybridized carbons (Fsp3) is 0.350. The molecule has 1 aromatic carbocycles. The van der Waals surface area contributed by atoms with Gasteiger partial charge < -0.3 is 20.9 Å². The predicted octanol–water partition coefficient (Wildman–Crippen LogP) is 3.66. The van der Waals surface area contributed by atoms with E-state index in [1.807, 2.05) is 0 Å². The van der Waals surface area contributed by atoms with Crippen molar-refractivity contribution in [3.8, 4) is 5.75 Å². The van der Waals surface area contributed by atoms with Crippen LogP contribution in [0.25, 0.3) is 10.2 Å². The number of aromatic nitrogens is 2. The molecule has 2 atom stereocenters. The van der Waals surface area contributed by atoms with Crippen molar-refractivity contribution < 1.29 is 19.0 Å². The third-order valence-corrected chi connectivity index (χ3v) is 6.25. The number of aliphatic hydroxyl groups excluding tert-OH is 1. The number of nitrogens with one attached hydrogen (secondary N) is 1. The maximum absolute atomic E-state index is 13.9. The SMILES string of the molecule is Cc1c(C(N)=O)sc2ncnc(Nc3ccc(F)cc3O[C@H]3CCC[C@@H](O)C3)c12. The molecule has 1 aliphatic carbocycles. The van der Waals surface area contributed by atoms with Gasteiger partial charge in [0.2, 0.25) is 0 Å². The molecule has 1 saturated carbocycles. The van der Waals surface area contributed by atoms with E-state index in [0.29, 0.717) is 44.3 Å². The summed E-state index contributed by atoms with van der Waals surface area (Å²) in [4.78, 5) is 21.3. The molecule has 29 heavy (non-hydrogen) atoms. The van der Waals surface area contributed by atoms with Crippen molar-refractivity contribution >= 4 is 39.0 Å². The molecule has 4 rings (SSSR count). The maximum atomic E-state index is 13.9. The summed E-state index contributed by atoms with van der Waals surface area (Å²) in [5, 5.41) is 13.8. The molecule has 0 unspecified atom stereocenters. The molecule has 1 fully saturated rings. The van der Waals surface area contributed by atoms with Gasteiger partial charge in [-0.15, -0.1) is 11.3 Å². The van der Waals surface area contributed by atoms with E-state index in [1.54, 1.807) is 13.0 Å². The fourth-order valence-electron chi connectivity index (χ4n) is 3.63. The minimum absolute atomic E-state index is 0.184. The van der Waals surface area contributed by atoms with E-state index >= 15 is 0 Å². The summed E-state index contributed by atoms with van der Waals surface area (Å²) in [6.45, 7) is 1.79. The van der Waals surface area contributed by atoms with E-state index < -0.39 is 17.8 Å². The molecule has 0 radical (unpaired) electrons. The van der Waals surface area contributed by atoms with E-state index in [-0.39, 0.29) is 6.10 Å². The molecule has 1 amide bonds. The van der Waals surface area contributed by atoms with Gasteiger partial charge in [0, 0.05) is 12.5 Å². The molecular formula is C20H21FN4O3S. The topological polar surface area (TPSA) is 110 Å². The fourth-order valence-corrected chi connectivity index (χ4v) is 4.63. The lowest BCUT2D eigenvalue weighted by molar-refractivity contribution is 0.0538. The monoisotopic (exact) mass is 416 g/mol. The zero-order valence-corrected chi connectivity index (χ0v) is 16.6. The Morgan fingerprint density at radius 1 is 1.38 bits per heavy atom. The van der Waals surface area contributed by atoms with Gasteiger partial charge in [0.25, 0.3) is 5.91 Å². The molecule has 3 aromatic rings. The van der Waals surface area contributed by atoms with Crippen LogP contribution in [0.1, 0.15) is 40.9 Å². The number of amides is 1. The summed E-state index contributed by atoms with van der Waals surface area (Å²) < 4.78 is 19.9. The largest absolute Gasteiger partial charge is 0.488 e. The first kappa shape index (κ1) is 19.5. The average Bonchev–Trinajstić information content (AvgIpc) is 3.02. The number of anilines is 2. The van der Waals surface area contributed by atoms with E-state index in [2.05, 4.69) is 15.3 Å². The molecule has 152 valence electrons. The second kappa shape index (κ2) is 7.92. The van der Waals surface area contributed by atoms with Crippen molar-refractivity contribution in [2.24, 2.45) is 5.73 Å². The minimum Gasteiger partial charge on any atom is -0.488 e. The molecule has 9 heteroatoms. The number of halogens is 1. The Balaban J connectivity index is 1.69. The van der Waals surface area contributed by atoms with E-state index in [9.17, 15) is 14.3 Å².